The molecule has 16 heavy (non-hydrogen) atoms. The molecule has 0 unspecified atom stereocenters. The van der Waals surface area contributed by atoms with E-state index in [0.29, 0.717) is 6.04 Å². The van der Waals surface area contributed by atoms with E-state index in [1.807, 2.05) is 7.05 Å². The van der Waals surface area contributed by atoms with Crippen LogP contribution >= 0.6 is 12.2 Å². The highest BCUT2D eigenvalue weighted by Gasteiger charge is 2.22. The van der Waals surface area contributed by atoms with Crippen LogP contribution in [0.15, 0.2) is 24.3 Å². The SMILES string of the molecule is Cc1cccc(CN(C)C(=S)NC2CC2)c1. The Balaban J connectivity index is 1.90. The van der Waals surface area contributed by atoms with Gasteiger partial charge in [-0.1, -0.05) is 29.8 Å². The van der Waals surface area contributed by atoms with Crippen LogP contribution < -0.4 is 5.32 Å². The van der Waals surface area contributed by atoms with Crippen LogP contribution in [0.3, 0.4) is 0 Å². The second kappa shape index (κ2) is 4.83. The summed E-state index contributed by atoms with van der Waals surface area (Å²) in [6.45, 7) is 2.99. The summed E-state index contributed by atoms with van der Waals surface area (Å²) in [7, 11) is 2.04. The van der Waals surface area contributed by atoms with Crippen LogP contribution in [0.2, 0.25) is 0 Å². The van der Waals surface area contributed by atoms with Crippen molar-refractivity contribution in [1.29, 1.82) is 0 Å². The molecule has 0 heterocycles. The summed E-state index contributed by atoms with van der Waals surface area (Å²) in [5.74, 6) is 0. The monoisotopic (exact) mass is 234 g/mol. The van der Waals surface area contributed by atoms with Crippen LogP contribution in [0.1, 0.15) is 24.0 Å². The summed E-state index contributed by atoms with van der Waals surface area (Å²) in [5.41, 5.74) is 2.61. The molecule has 0 saturated heterocycles. The van der Waals surface area contributed by atoms with E-state index in [1.54, 1.807) is 0 Å². The normalized spacial score (nSPS) is 14.6. The summed E-state index contributed by atoms with van der Waals surface area (Å²) < 4.78 is 0. The zero-order valence-corrected chi connectivity index (χ0v) is 10.7. The molecule has 0 spiro atoms. The fourth-order valence-corrected chi connectivity index (χ4v) is 1.90. The number of thiocarbonyl (C=S) groups is 1. The second-order valence-corrected chi connectivity index (χ2v) is 4.96. The topological polar surface area (TPSA) is 15.3 Å². The minimum Gasteiger partial charge on any atom is -0.360 e. The highest BCUT2D eigenvalue weighted by Crippen LogP contribution is 2.19. The molecule has 1 fully saturated rings. The van der Waals surface area contributed by atoms with E-state index in [4.69, 9.17) is 12.2 Å². The third kappa shape index (κ3) is 3.20. The minimum absolute atomic E-state index is 0.632. The summed E-state index contributed by atoms with van der Waals surface area (Å²) in [6, 6.07) is 9.19. The van der Waals surface area contributed by atoms with E-state index in [0.717, 1.165) is 11.7 Å². The zero-order valence-electron chi connectivity index (χ0n) is 9.86. The van der Waals surface area contributed by atoms with E-state index >= 15 is 0 Å². The first kappa shape index (κ1) is 11.4. The Kier molecular flexibility index (Phi) is 3.44. The van der Waals surface area contributed by atoms with Gasteiger partial charge in [0, 0.05) is 19.6 Å². The van der Waals surface area contributed by atoms with Crippen molar-refractivity contribution in [3.63, 3.8) is 0 Å². The Hall–Kier alpha value is -1.09. The molecule has 86 valence electrons. The quantitative estimate of drug-likeness (QED) is 0.809. The summed E-state index contributed by atoms with van der Waals surface area (Å²) in [6.07, 6.45) is 2.52. The maximum atomic E-state index is 5.34. The van der Waals surface area contributed by atoms with Crippen molar-refractivity contribution in [2.75, 3.05) is 7.05 Å². The van der Waals surface area contributed by atoms with Crippen molar-refractivity contribution in [3.8, 4) is 0 Å². The van der Waals surface area contributed by atoms with E-state index in [2.05, 4.69) is 41.4 Å². The molecule has 2 rings (SSSR count). The van der Waals surface area contributed by atoms with Gasteiger partial charge in [0.05, 0.1) is 0 Å². The number of nitrogens with one attached hydrogen (secondary N) is 1. The standard InChI is InChI=1S/C13H18N2S/c1-10-4-3-5-11(8-10)9-15(2)13(16)14-12-6-7-12/h3-5,8,12H,6-7,9H2,1-2H3,(H,14,16). The number of nitrogens with zero attached hydrogens (tertiary/aromatic N) is 1. The predicted octanol–water partition coefficient (Wildman–Crippen LogP) is 2.46. The molecule has 1 aliphatic rings. The number of benzene rings is 1. The average Bonchev–Trinajstić information content (AvgIpc) is 3.01. The molecule has 0 aromatic heterocycles. The van der Waals surface area contributed by atoms with Gasteiger partial charge < -0.3 is 10.2 Å². The molecule has 1 aromatic rings. The summed E-state index contributed by atoms with van der Waals surface area (Å²) in [5, 5.41) is 4.21. The van der Waals surface area contributed by atoms with E-state index in [9.17, 15) is 0 Å². The lowest BCUT2D eigenvalue weighted by molar-refractivity contribution is 0.488. The van der Waals surface area contributed by atoms with Gasteiger partial charge >= 0.3 is 0 Å². The number of rotatable bonds is 3. The van der Waals surface area contributed by atoms with E-state index in [-0.39, 0.29) is 0 Å². The number of hydrogen-bond donors (Lipinski definition) is 1. The average molecular weight is 234 g/mol. The van der Waals surface area contributed by atoms with E-state index in [1.165, 1.54) is 24.0 Å². The van der Waals surface area contributed by atoms with Gasteiger partial charge in [0.15, 0.2) is 5.11 Å². The fourth-order valence-electron chi connectivity index (χ4n) is 1.67. The Morgan fingerprint density at radius 3 is 2.88 bits per heavy atom. The van der Waals surface area contributed by atoms with Crippen molar-refractivity contribution < 1.29 is 0 Å². The van der Waals surface area contributed by atoms with Crippen molar-refractivity contribution >= 4 is 17.3 Å². The lowest BCUT2D eigenvalue weighted by Gasteiger charge is -2.21. The largest absolute Gasteiger partial charge is 0.360 e. The first-order valence-electron chi connectivity index (χ1n) is 5.72. The molecule has 2 nitrogen and oxygen atoms in total. The van der Waals surface area contributed by atoms with Crippen LogP contribution in [0.25, 0.3) is 0 Å². The molecular formula is C13H18N2S. The van der Waals surface area contributed by atoms with Crippen molar-refractivity contribution in [2.45, 2.75) is 32.4 Å². The minimum atomic E-state index is 0.632. The summed E-state index contributed by atoms with van der Waals surface area (Å²) in [4.78, 5) is 2.10. The molecule has 1 aromatic carbocycles. The van der Waals surface area contributed by atoms with Gasteiger partial charge in [-0.15, -0.1) is 0 Å². The molecule has 3 heteroatoms. The first-order chi connectivity index (χ1) is 7.65. The Morgan fingerprint density at radius 1 is 1.50 bits per heavy atom. The predicted molar refractivity (Wildman–Crippen MR) is 71.4 cm³/mol. The van der Waals surface area contributed by atoms with Gasteiger partial charge in [-0.2, -0.15) is 0 Å². The van der Waals surface area contributed by atoms with Gasteiger partial charge in [0.2, 0.25) is 0 Å². The van der Waals surface area contributed by atoms with Crippen LogP contribution in [-0.4, -0.2) is 23.1 Å². The Bertz CT molecular complexity index is 385. The van der Waals surface area contributed by atoms with Crippen molar-refractivity contribution in [1.82, 2.24) is 10.2 Å². The Labute approximate surface area is 103 Å². The molecule has 0 bridgehead atoms. The fraction of sp³-hybridized carbons (Fsp3) is 0.462. The van der Waals surface area contributed by atoms with Gasteiger partial charge in [0.25, 0.3) is 0 Å². The van der Waals surface area contributed by atoms with Crippen LogP contribution in [-0.2, 0) is 6.54 Å². The molecule has 0 radical (unpaired) electrons. The molecule has 1 aliphatic carbocycles. The Morgan fingerprint density at radius 2 is 2.25 bits per heavy atom. The summed E-state index contributed by atoms with van der Waals surface area (Å²) >= 11 is 5.34. The van der Waals surface area contributed by atoms with Gasteiger partial charge in [-0.3, -0.25) is 0 Å². The first-order valence-corrected chi connectivity index (χ1v) is 6.13. The molecule has 0 aliphatic heterocycles. The number of hydrogen-bond acceptors (Lipinski definition) is 1. The van der Waals surface area contributed by atoms with Crippen molar-refractivity contribution in [2.24, 2.45) is 0 Å². The highest BCUT2D eigenvalue weighted by molar-refractivity contribution is 7.80. The third-order valence-corrected chi connectivity index (χ3v) is 3.18. The lowest BCUT2D eigenvalue weighted by Crippen LogP contribution is -2.37. The molecule has 0 amide bonds. The van der Waals surface area contributed by atoms with Crippen LogP contribution in [0.4, 0.5) is 0 Å². The highest BCUT2D eigenvalue weighted by atomic mass is 32.1. The van der Waals surface area contributed by atoms with Crippen molar-refractivity contribution in [3.05, 3.63) is 35.4 Å². The van der Waals surface area contributed by atoms with Crippen LogP contribution in [0.5, 0.6) is 0 Å². The maximum absolute atomic E-state index is 5.34. The second-order valence-electron chi connectivity index (χ2n) is 4.57. The zero-order chi connectivity index (χ0) is 11.5. The van der Waals surface area contributed by atoms with Gasteiger partial charge in [-0.25, -0.2) is 0 Å². The molecule has 1 N–H and O–H groups in total. The number of aryl methyl sites for hydroxylation is 1. The van der Waals surface area contributed by atoms with Crippen LogP contribution in [0, 0.1) is 6.92 Å². The molecule has 0 atom stereocenters. The molecular weight excluding hydrogens is 216 g/mol. The lowest BCUT2D eigenvalue weighted by atomic mass is 10.1. The maximum Gasteiger partial charge on any atom is 0.169 e. The molecule has 1 saturated carbocycles. The van der Waals surface area contributed by atoms with E-state index < -0.39 is 0 Å². The van der Waals surface area contributed by atoms with Gasteiger partial charge in [-0.05, 0) is 37.5 Å². The smallest absolute Gasteiger partial charge is 0.169 e. The third-order valence-electron chi connectivity index (χ3n) is 2.75. The van der Waals surface area contributed by atoms with Gasteiger partial charge in [0.1, 0.15) is 0 Å².